The van der Waals surface area contributed by atoms with E-state index in [1.807, 2.05) is 0 Å². The second-order valence-corrected chi connectivity index (χ2v) is 6.06. The second-order valence-electron chi connectivity index (χ2n) is 3.80. The average molecular weight is 275 g/mol. The molecule has 0 unspecified atom stereocenters. The van der Waals surface area contributed by atoms with Crippen LogP contribution in [0, 0.1) is 5.82 Å². The summed E-state index contributed by atoms with van der Waals surface area (Å²) in [5.41, 5.74) is 0.467. The van der Waals surface area contributed by atoms with Gasteiger partial charge in [-0.15, -0.1) is 0 Å². The Hall–Kier alpha value is -1.63. The normalized spacial score (nSPS) is 12.5. The summed E-state index contributed by atoms with van der Waals surface area (Å²) < 4.78 is 40.2. The molecule has 0 radical (unpaired) electrons. The molecule has 0 amide bonds. The lowest BCUT2D eigenvalue weighted by molar-refractivity contribution is 0.317. The molecule has 1 aromatic carbocycles. The van der Waals surface area contributed by atoms with Crippen LogP contribution >= 0.6 is 0 Å². The molecule has 0 aliphatic heterocycles. The number of ether oxygens (including phenoxy) is 1. The Labute approximate surface area is 105 Å². The van der Waals surface area contributed by atoms with E-state index in [-0.39, 0.29) is 29.4 Å². The van der Waals surface area contributed by atoms with Gasteiger partial charge in [0.05, 0.1) is 11.5 Å². The fraction of sp³-hybridized carbons (Fsp3) is 0.364. The van der Waals surface area contributed by atoms with Crippen LogP contribution in [-0.4, -0.2) is 38.0 Å². The summed E-state index contributed by atoms with van der Waals surface area (Å²) in [5, 5.41) is 11.6. The molecule has 0 bridgehead atoms. The van der Waals surface area contributed by atoms with E-state index in [9.17, 15) is 12.8 Å². The van der Waals surface area contributed by atoms with Gasteiger partial charge in [-0.2, -0.15) is 0 Å². The average Bonchev–Trinajstić information content (AvgIpc) is 2.28. The van der Waals surface area contributed by atoms with Gasteiger partial charge in [-0.05, 0) is 25.1 Å². The molecule has 1 rings (SSSR count). The van der Waals surface area contributed by atoms with Crippen LogP contribution in [0.15, 0.2) is 23.4 Å². The second kappa shape index (κ2) is 5.81. The summed E-state index contributed by atoms with van der Waals surface area (Å²) in [6.45, 7) is 1.44. The lowest BCUT2D eigenvalue weighted by Gasteiger charge is -2.10. The zero-order chi connectivity index (χ0) is 13.8. The lowest BCUT2D eigenvalue weighted by atomic mass is 10.1. The number of sulfone groups is 1. The van der Waals surface area contributed by atoms with E-state index >= 15 is 0 Å². The van der Waals surface area contributed by atoms with Crippen molar-refractivity contribution >= 4 is 15.5 Å². The highest BCUT2D eigenvalue weighted by molar-refractivity contribution is 7.90. The monoisotopic (exact) mass is 275 g/mol. The first kappa shape index (κ1) is 14.4. The predicted octanol–water partition coefficient (Wildman–Crippen LogP) is 1.45. The van der Waals surface area contributed by atoms with Crippen molar-refractivity contribution in [2.45, 2.75) is 6.92 Å². The Morgan fingerprint density at radius 1 is 1.50 bits per heavy atom. The molecule has 18 heavy (non-hydrogen) atoms. The molecular formula is C11H14FNO4S. The summed E-state index contributed by atoms with van der Waals surface area (Å²) in [4.78, 5) is 0. The highest BCUT2D eigenvalue weighted by Gasteiger charge is 2.10. The molecule has 1 aromatic rings. The molecule has 0 aliphatic carbocycles. The van der Waals surface area contributed by atoms with Crippen molar-refractivity contribution in [1.82, 2.24) is 0 Å². The minimum atomic E-state index is -3.12. The van der Waals surface area contributed by atoms with Crippen LogP contribution in [0.3, 0.4) is 0 Å². The van der Waals surface area contributed by atoms with Crippen molar-refractivity contribution in [1.29, 1.82) is 0 Å². The molecule has 0 saturated heterocycles. The molecule has 0 heterocycles. The van der Waals surface area contributed by atoms with Gasteiger partial charge in [-0.1, -0.05) is 5.16 Å². The quantitative estimate of drug-likeness (QED) is 0.501. The largest absolute Gasteiger partial charge is 0.492 e. The van der Waals surface area contributed by atoms with E-state index in [1.54, 1.807) is 0 Å². The first-order valence-electron chi connectivity index (χ1n) is 5.12. The smallest absolute Gasteiger partial charge is 0.150 e. The maximum absolute atomic E-state index is 13.1. The number of hydrogen-bond acceptors (Lipinski definition) is 5. The van der Waals surface area contributed by atoms with Crippen molar-refractivity contribution in [3.8, 4) is 5.75 Å². The van der Waals surface area contributed by atoms with Crippen LogP contribution in [0.25, 0.3) is 0 Å². The highest BCUT2D eigenvalue weighted by Crippen LogP contribution is 2.20. The van der Waals surface area contributed by atoms with Crippen molar-refractivity contribution in [2.24, 2.45) is 5.16 Å². The summed E-state index contributed by atoms with van der Waals surface area (Å²) in [5.74, 6) is -0.363. The Morgan fingerprint density at radius 3 is 2.72 bits per heavy atom. The van der Waals surface area contributed by atoms with Crippen molar-refractivity contribution in [3.05, 3.63) is 29.6 Å². The molecule has 0 aliphatic rings. The Kier molecular flexibility index (Phi) is 4.66. The summed E-state index contributed by atoms with van der Waals surface area (Å²) >= 11 is 0. The SMILES string of the molecule is CC(=NO)c1cc(F)ccc1OCCS(C)(=O)=O. The summed E-state index contributed by atoms with van der Waals surface area (Å²) in [7, 11) is -3.12. The van der Waals surface area contributed by atoms with Crippen LogP contribution in [0.2, 0.25) is 0 Å². The number of oxime groups is 1. The zero-order valence-electron chi connectivity index (χ0n) is 10.1. The first-order valence-corrected chi connectivity index (χ1v) is 7.18. The van der Waals surface area contributed by atoms with Crippen molar-refractivity contribution < 1.29 is 22.8 Å². The molecule has 100 valence electrons. The van der Waals surface area contributed by atoms with Crippen LogP contribution in [-0.2, 0) is 9.84 Å². The van der Waals surface area contributed by atoms with E-state index in [4.69, 9.17) is 9.94 Å². The van der Waals surface area contributed by atoms with Gasteiger partial charge in [0.15, 0.2) is 9.84 Å². The van der Waals surface area contributed by atoms with Gasteiger partial charge in [0.1, 0.15) is 18.2 Å². The Morgan fingerprint density at radius 2 is 2.17 bits per heavy atom. The summed E-state index contributed by atoms with van der Waals surface area (Å²) in [6, 6.07) is 3.70. The van der Waals surface area contributed by atoms with Crippen LogP contribution < -0.4 is 4.74 Å². The third-order valence-corrected chi connectivity index (χ3v) is 3.10. The minimum absolute atomic E-state index is 0.0455. The van der Waals surface area contributed by atoms with E-state index in [2.05, 4.69) is 5.16 Å². The lowest BCUT2D eigenvalue weighted by Crippen LogP contribution is -2.13. The van der Waals surface area contributed by atoms with E-state index in [0.717, 1.165) is 12.3 Å². The Balaban J connectivity index is 2.89. The third-order valence-electron chi connectivity index (χ3n) is 2.19. The third kappa shape index (κ3) is 4.33. The minimum Gasteiger partial charge on any atom is -0.492 e. The number of rotatable bonds is 5. The van der Waals surface area contributed by atoms with Gasteiger partial charge in [0.2, 0.25) is 0 Å². The van der Waals surface area contributed by atoms with Gasteiger partial charge in [0.25, 0.3) is 0 Å². The van der Waals surface area contributed by atoms with Gasteiger partial charge in [-0.3, -0.25) is 0 Å². The van der Waals surface area contributed by atoms with E-state index in [0.29, 0.717) is 0 Å². The maximum atomic E-state index is 13.1. The maximum Gasteiger partial charge on any atom is 0.150 e. The standard InChI is InChI=1S/C11H14FNO4S/c1-8(13-14)10-7-9(12)3-4-11(10)17-5-6-18(2,15)16/h3-4,7,14H,5-6H2,1-2H3. The molecule has 0 atom stereocenters. The molecule has 0 saturated carbocycles. The van der Waals surface area contributed by atoms with Crippen LogP contribution in [0.4, 0.5) is 4.39 Å². The van der Waals surface area contributed by atoms with Crippen molar-refractivity contribution in [2.75, 3.05) is 18.6 Å². The van der Waals surface area contributed by atoms with Gasteiger partial charge < -0.3 is 9.94 Å². The molecule has 7 heteroatoms. The topological polar surface area (TPSA) is 76.0 Å². The van der Waals surface area contributed by atoms with E-state index in [1.165, 1.54) is 19.1 Å². The van der Waals surface area contributed by atoms with Gasteiger partial charge in [0, 0.05) is 11.8 Å². The molecular weight excluding hydrogens is 261 g/mol. The molecule has 1 N–H and O–H groups in total. The molecule has 0 spiro atoms. The number of halogens is 1. The fourth-order valence-electron chi connectivity index (χ4n) is 1.27. The van der Waals surface area contributed by atoms with Gasteiger partial charge in [-0.25, -0.2) is 12.8 Å². The molecule has 0 fully saturated rings. The Bertz CT molecular complexity index is 554. The zero-order valence-corrected chi connectivity index (χ0v) is 10.9. The molecule has 0 aromatic heterocycles. The molecule has 5 nitrogen and oxygen atoms in total. The van der Waals surface area contributed by atoms with E-state index < -0.39 is 15.7 Å². The first-order chi connectivity index (χ1) is 8.33. The van der Waals surface area contributed by atoms with Crippen LogP contribution in [0.1, 0.15) is 12.5 Å². The number of hydrogen-bond donors (Lipinski definition) is 1. The van der Waals surface area contributed by atoms with Crippen molar-refractivity contribution in [3.63, 3.8) is 0 Å². The van der Waals surface area contributed by atoms with Gasteiger partial charge >= 0.3 is 0 Å². The number of nitrogens with zero attached hydrogens (tertiary/aromatic N) is 1. The highest BCUT2D eigenvalue weighted by atomic mass is 32.2. The predicted molar refractivity (Wildman–Crippen MR) is 65.6 cm³/mol. The summed E-state index contributed by atoms with van der Waals surface area (Å²) in [6.07, 6.45) is 1.10. The number of benzene rings is 1. The fourth-order valence-corrected chi connectivity index (χ4v) is 1.65. The van der Waals surface area contributed by atoms with Crippen LogP contribution in [0.5, 0.6) is 5.75 Å².